The van der Waals surface area contributed by atoms with Gasteiger partial charge in [0.2, 0.25) is 0 Å². The summed E-state index contributed by atoms with van der Waals surface area (Å²) in [6.07, 6.45) is 5.94. The second-order valence-electron chi connectivity index (χ2n) is 5.44. The van der Waals surface area contributed by atoms with E-state index in [1.54, 1.807) is 32.9 Å². The minimum absolute atomic E-state index is 0.0383. The van der Waals surface area contributed by atoms with E-state index in [-0.39, 0.29) is 10.7 Å². The molecule has 0 unspecified atom stereocenters. The fraction of sp³-hybridized carbons (Fsp3) is 0.429. The van der Waals surface area contributed by atoms with Crippen molar-refractivity contribution >= 4 is 29.5 Å². The van der Waals surface area contributed by atoms with Crippen LogP contribution in [0.15, 0.2) is 18.5 Å². The van der Waals surface area contributed by atoms with E-state index in [9.17, 15) is 14.9 Å². The van der Waals surface area contributed by atoms with Gasteiger partial charge in [-0.05, 0) is 27.2 Å². The summed E-state index contributed by atoms with van der Waals surface area (Å²) in [4.78, 5) is 25.3. The molecule has 7 nitrogen and oxygen atoms in total. The number of carbonyl (C=O) groups is 1. The Morgan fingerprint density at radius 3 is 2.77 bits per heavy atom. The molecular formula is C14H18ClN3O4. The van der Waals surface area contributed by atoms with Crippen LogP contribution >= 0.6 is 11.6 Å². The van der Waals surface area contributed by atoms with E-state index in [0.29, 0.717) is 18.5 Å². The molecule has 0 aliphatic carbocycles. The minimum Gasteiger partial charge on any atom is -0.444 e. The van der Waals surface area contributed by atoms with Gasteiger partial charge in [0.1, 0.15) is 16.8 Å². The zero-order valence-electron chi connectivity index (χ0n) is 12.6. The van der Waals surface area contributed by atoms with Gasteiger partial charge >= 0.3 is 11.8 Å². The number of nitrogens with one attached hydrogen (secondary N) is 1. The van der Waals surface area contributed by atoms with Crippen LogP contribution in [0.2, 0.25) is 5.02 Å². The van der Waals surface area contributed by atoms with Gasteiger partial charge in [0, 0.05) is 18.3 Å². The summed E-state index contributed by atoms with van der Waals surface area (Å²) < 4.78 is 5.08. The number of aromatic nitrogens is 1. The lowest BCUT2D eigenvalue weighted by Crippen LogP contribution is -2.32. The normalized spacial score (nSPS) is 11.5. The number of nitro groups is 1. The molecule has 0 saturated heterocycles. The highest BCUT2D eigenvalue weighted by atomic mass is 35.5. The first-order chi connectivity index (χ1) is 10.2. The Kier molecular flexibility index (Phi) is 6.30. The highest BCUT2D eigenvalue weighted by Crippen LogP contribution is 2.27. The fourth-order valence-corrected chi connectivity index (χ4v) is 1.70. The third-order valence-electron chi connectivity index (χ3n) is 2.36. The molecule has 0 spiro atoms. The molecule has 0 saturated carbocycles. The zero-order chi connectivity index (χ0) is 16.8. The molecule has 22 heavy (non-hydrogen) atoms. The predicted molar refractivity (Wildman–Crippen MR) is 83.8 cm³/mol. The number of pyridine rings is 1. The summed E-state index contributed by atoms with van der Waals surface area (Å²) in [7, 11) is 0. The Morgan fingerprint density at radius 1 is 1.50 bits per heavy atom. The van der Waals surface area contributed by atoms with Gasteiger partial charge in [-0.15, -0.1) is 0 Å². The zero-order valence-corrected chi connectivity index (χ0v) is 13.4. The van der Waals surface area contributed by atoms with E-state index < -0.39 is 16.6 Å². The van der Waals surface area contributed by atoms with Crippen molar-refractivity contribution in [3.05, 3.63) is 39.2 Å². The van der Waals surface area contributed by atoms with Gasteiger partial charge in [-0.25, -0.2) is 4.79 Å². The Labute approximate surface area is 133 Å². The van der Waals surface area contributed by atoms with Crippen molar-refractivity contribution in [2.75, 3.05) is 6.54 Å². The number of halogens is 1. The molecule has 120 valence electrons. The maximum Gasteiger partial charge on any atom is 0.407 e. The number of rotatable bonds is 5. The molecular weight excluding hydrogens is 310 g/mol. The largest absolute Gasteiger partial charge is 0.444 e. The first-order valence-electron chi connectivity index (χ1n) is 6.62. The minimum atomic E-state index is -0.587. The quantitative estimate of drug-likeness (QED) is 0.507. The van der Waals surface area contributed by atoms with Gasteiger partial charge in [-0.1, -0.05) is 23.8 Å². The molecule has 8 heteroatoms. The first-order valence-corrected chi connectivity index (χ1v) is 7.00. The van der Waals surface area contributed by atoms with E-state index >= 15 is 0 Å². The second kappa shape index (κ2) is 7.74. The topological polar surface area (TPSA) is 94.4 Å². The molecule has 1 heterocycles. The van der Waals surface area contributed by atoms with Crippen LogP contribution in [-0.4, -0.2) is 28.1 Å². The van der Waals surface area contributed by atoms with Gasteiger partial charge in [0.05, 0.1) is 4.92 Å². The van der Waals surface area contributed by atoms with E-state index in [2.05, 4.69) is 10.3 Å². The average molecular weight is 328 g/mol. The molecule has 0 aromatic carbocycles. The average Bonchev–Trinajstić information content (AvgIpc) is 2.37. The van der Waals surface area contributed by atoms with E-state index in [1.807, 2.05) is 0 Å². The Hall–Kier alpha value is -2.15. The van der Waals surface area contributed by atoms with Crippen LogP contribution in [0, 0.1) is 10.1 Å². The third-order valence-corrected chi connectivity index (χ3v) is 2.77. The summed E-state index contributed by atoms with van der Waals surface area (Å²) in [5, 5.41) is 13.4. The molecule has 1 aromatic heterocycles. The summed E-state index contributed by atoms with van der Waals surface area (Å²) in [6.45, 7) is 5.72. The maximum absolute atomic E-state index is 11.4. The number of amides is 1. The van der Waals surface area contributed by atoms with Crippen LogP contribution in [0.5, 0.6) is 0 Å². The Balaban J connectivity index is 2.49. The highest BCUT2D eigenvalue weighted by Gasteiger charge is 2.16. The van der Waals surface area contributed by atoms with Crippen LogP contribution in [0.3, 0.4) is 0 Å². The van der Waals surface area contributed by atoms with Crippen LogP contribution < -0.4 is 5.32 Å². The van der Waals surface area contributed by atoms with Crippen molar-refractivity contribution in [3.8, 4) is 0 Å². The summed E-state index contributed by atoms with van der Waals surface area (Å²) >= 11 is 5.92. The second-order valence-corrected chi connectivity index (χ2v) is 5.82. The smallest absolute Gasteiger partial charge is 0.407 e. The van der Waals surface area contributed by atoms with Crippen molar-refractivity contribution in [2.45, 2.75) is 32.8 Å². The summed E-state index contributed by atoms with van der Waals surface area (Å²) in [5.74, 6) is 0. The summed E-state index contributed by atoms with van der Waals surface area (Å²) in [5.41, 5.74) is -0.328. The van der Waals surface area contributed by atoms with Crippen LogP contribution in [0.1, 0.15) is 32.8 Å². The number of hydrogen-bond donors (Lipinski definition) is 1. The van der Waals surface area contributed by atoms with E-state index in [1.165, 1.54) is 6.20 Å². The molecule has 1 amide bonds. The predicted octanol–water partition coefficient (Wildman–Crippen LogP) is 3.57. The molecule has 0 fully saturated rings. The molecule has 1 N–H and O–H groups in total. The fourth-order valence-electron chi connectivity index (χ4n) is 1.47. The molecule has 0 aliphatic rings. The molecule has 0 aliphatic heterocycles. The SMILES string of the molecule is CC(C)(C)OC(=O)NCCC=Cc1cncc([N+](=O)[O-])c1Cl. The number of carbonyl (C=O) groups excluding carboxylic acids is 1. The molecule has 0 radical (unpaired) electrons. The molecule has 1 rings (SSSR count). The lowest BCUT2D eigenvalue weighted by atomic mass is 10.2. The first kappa shape index (κ1) is 17.9. The standard InChI is InChI=1S/C14H18ClN3O4/c1-14(2,3)22-13(19)17-7-5-4-6-10-8-16-9-11(12(10)15)18(20)21/h4,6,8-9H,5,7H2,1-3H3,(H,17,19). The van der Waals surface area contributed by atoms with Crippen molar-refractivity contribution in [1.82, 2.24) is 10.3 Å². The van der Waals surface area contributed by atoms with Crippen LogP contribution in [-0.2, 0) is 4.74 Å². The van der Waals surface area contributed by atoms with Gasteiger partial charge in [-0.2, -0.15) is 0 Å². The van der Waals surface area contributed by atoms with Crippen molar-refractivity contribution in [3.63, 3.8) is 0 Å². The number of ether oxygens (including phenoxy) is 1. The van der Waals surface area contributed by atoms with Crippen molar-refractivity contribution in [1.29, 1.82) is 0 Å². The lowest BCUT2D eigenvalue weighted by Gasteiger charge is -2.19. The van der Waals surface area contributed by atoms with Gasteiger partial charge in [-0.3, -0.25) is 15.1 Å². The van der Waals surface area contributed by atoms with Gasteiger partial charge < -0.3 is 10.1 Å². The highest BCUT2D eigenvalue weighted by molar-refractivity contribution is 6.34. The number of alkyl carbamates (subject to hydrolysis) is 1. The molecule has 0 bridgehead atoms. The van der Waals surface area contributed by atoms with Crippen LogP contribution in [0.25, 0.3) is 6.08 Å². The lowest BCUT2D eigenvalue weighted by molar-refractivity contribution is -0.385. The monoisotopic (exact) mass is 327 g/mol. The van der Waals surface area contributed by atoms with Crippen molar-refractivity contribution in [2.24, 2.45) is 0 Å². The number of hydrogen-bond acceptors (Lipinski definition) is 5. The van der Waals surface area contributed by atoms with E-state index in [4.69, 9.17) is 16.3 Å². The van der Waals surface area contributed by atoms with Gasteiger partial charge in [0.25, 0.3) is 0 Å². The third kappa shape index (κ3) is 6.09. The van der Waals surface area contributed by atoms with E-state index in [0.717, 1.165) is 6.20 Å². The molecule has 0 atom stereocenters. The Morgan fingerprint density at radius 2 is 2.18 bits per heavy atom. The number of nitrogens with zero attached hydrogens (tertiary/aromatic N) is 2. The van der Waals surface area contributed by atoms with Crippen molar-refractivity contribution < 1.29 is 14.5 Å². The summed E-state index contributed by atoms with van der Waals surface area (Å²) in [6, 6.07) is 0. The maximum atomic E-state index is 11.4. The van der Waals surface area contributed by atoms with Gasteiger partial charge in [0.15, 0.2) is 0 Å². The molecule has 1 aromatic rings. The Bertz CT molecular complexity index is 582. The van der Waals surface area contributed by atoms with Crippen LogP contribution in [0.4, 0.5) is 10.5 Å².